The van der Waals surface area contributed by atoms with Crippen LogP contribution in [0.15, 0.2) is 24.3 Å². The van der Waals surface area contributed by atoms with Crippen LogP contribution < -0.4 is 5.73 Å². The second-order valence-electron chi connectivity index (χ2n) is 13.8. The van der Waals surface area contributed by atoms with Gasteiger partial charge in [-0.1, -0.05) is 141 Å². The van der Waals surface area contributed by atoms with Crippen LogP contribution in [0.5, 0.6) is 0 Å². The molecule has 1 unspecified atom stereocenters. The maximum absolute atomic E-state index is 12.5. The number of phosphoric ester groups is 1. The average molecular weight is 744 g/mol. The lowest BCUT2D eigenvalue weighted by Crippen LogP contribution is -2.29. The molecule has 0 rings (SSSR count). The van der Waals surface area contributed by atoms with Gasteiger partial charge in [0.25, 0.3) is 0 Å². The third-order valence-corrected chi connectivity index (χ3v) is 9.79. The summed E-state index contributed by atoms with van der Waals surface area (Å²) in [7, 11) is -4.37. The van der Waals surface area contributed by atoms with E-state index in [9.17, 15) is 19.0 Å². The van der Waals surface area contributed by atoms with Gasteiger partial charge in [0.05, 0.1) is 13.2 Å². The molecule has 0 aromatic carbocycles. The minimum Gasteiger partial charge on any atom is -0.462 e. The third-order valence-electron chi connectivity index (χ3n) is 8.81. The Kier molecular flexibility index (Phi) is 37.1. The largest absolute Gasteiger partial charge is 0.472 e. The molecule has 0 aliphatic rings. The molecule has 2 atom stereocenters. The van der Waals surface area contributed by atoms with Crippen molar-refractivity contribution in [1.82, 2.24) is 0 Å². The summed E-state index contributed by atoms with van der Waals surface area (Å²) < 4.78 is 32.7. The average Bonchev–Trinajstić information content (AvgIpc) is 3.11. The van der Waals surface area contributed by atoms with E-state index in [1.807, 2.05) is 0 Å². The molecule has 0 aliphatic heterocycles. The van der Waals surface area contributed by atoms with Gasteiger partial charge in [-0.2, -0.15) is 0 Å². The molecular formula is C41H78NO8P. The summed E-state index contributed by atoms with van der Waals surface area (Å²) in [5.41, 5.74) is 5.34. The standard InChI is InChI=1S/C41H78NO8P/c1-3-5-7-9-11-13-15-17-19-21-23-25-27-29-31-33-40(43)47-37-39(38-49-51(45,46)48-36-35-42)50-41(44)34-32-30-28-26-24-22-20-18-16-14-12-10-8-6-4-2/h13,15,18,20,39H,3-12,14,16-17,19,21-38,42H2,1-2H3,(H,45,46)/b15-13-,20-18-/t39-/m1/s1. The summed E-state index contributed by atoms with van der Waals surface area (Å²) in [5.74, 6) is -0.840. The van der Waals surface area contributed by atoms with Gasteiger partial charge in [-0.25, -0.2) is 4.57 Å². The van der Waals surface area contributed by atoms with E-state index in [2.05, 4.69) is 38.2 Å². The molecule has 10 heteroatoms. The number of esters is 2. The van der Waals surface area contributed by atoms with E-state index in [1.54, 1.807) is 0 Å². The van der Waals surface area contributed by atoms with E-state index in [0.29, 0.717) is 6.42 Å². The summed E-state index contributed by atoms with van der Waals surface area (Å²) in [4.78, 5) is 34.8. The SMILES string of the molecule is CCCCCC/C=C\CCCCCCCCCC(=O)OC[C@H](COP(=O)(O)OCCN)OC(=O)CCCCCCC/C=C\CCCCCCCC. The number of unbranched alkanes of at least 4 members (excludes halogenated alkanes) is 22. The third kappa shape index (κ3) is 38.0. The van der Waals surface area contributed by atoms with Gasteiger partial charge in [0.1, 0.15) is 6.61 Å². The van der Waals surface area contributed by atoms with Crippen molar-refractivity contribution in [2.75, 3.05) is 26.4 Å². The van der Waals surface area contributed by atoms with Crippen LogP contribution in [0.4, 0.5) is 0 Å². The van der Waals surface area contributed by atoms with E-state index < -0.39 is 26.5 Å². The monoisotopic (exact) mass is 744 g/mol. The first-order chi connectivity index (χ1) is 24.8. The zero-order chi connectivity index (χ0) is 37.5. The van der Waals surface area contributed by atoms with Gasteiger partial charge in [0.2, 0.25) is 0 Å². The lowest BCUT2D eigenvalue weighted by molar-refractivity contribution is -0.161. The molecule has 300 valence electrons. The molecule has 0 spiro atoms. The molecule has 0 heterocycles. The number of carbonyl (C=O) groups is 2. The fourth-order valence-corrected chi connectivity index (χ4v) is 6.45. The van der Waals surface area contributed by atoms with Gasteiger partial charge in [-0.15, -0.1) is 0 Å². The number of rotatable bonds is 39. The number of phosphoric acid groups is 1. The molecule has 0 saturated carbocycles. The topological polar surface area (TPSA) is 134 Å². The lowest BCUT2D eigenvalue weighted by atomic mass is 10.1. The molecule has 0 fully saturated rings. The smallest absolute Gasteiger partial charge is 0.462 e. The maximum atomic E-state index is 12.5. The summed E-state index contributed by atoms with van der Waals surface area (Å²) in [6, 6.07) is 0. The van der Waals surface area contributed by atoms with Crippen LogP contribution in [0.25, 0.3) is 0 Å². The van der Waals surface area contributed by atoms with E-state index in [1.165, 1.54) is 96.3 Å². The highest BCUT2D eigenvalue weighted by Gasteiger charge is 2.26. The van der Waals surface area contributed by atoms with Crippen molar-refractivity contribution in [2.24, 2.45) is 5.73 Å². The number of hydrogen-bond donors (Lipinski definition) is 2. The van der Waals surface area contributed by atoms with E-state index in [0.717, 1.165) is 64.2 Å². The molecule has 0 amide bonds. The van der Waals surface area contributed by atoms with E-state index >= 15 is 0 Å². The Morgan fingerprint density at radius 1 is 0.569 bits per heavy atom. The lowest BCUT2D eigenvalue weighted by Gasteiger charge is -2.19. The Morgan fingerprint density at radius 3 is 1.41 bits per heavy atom. The minimum atomic E-state index is -4.37. The van der Waals surface area contributed by atoms with Crippen molar-refractivity contribution in [2.45, 2.75) is 200 Å². The van der Waals surface area contributed by atoms with E-state index in [4.69, 9.17) is 24.3 Å². The van der Waals surface area contributed by atoms with Gasteiger partial charge in [-0.3, -0.25) is 18.6 Å². The van der Waals surface area contributed by atoms with Gasteiger partial charge >= 0.3 is 19.8 Å². The number of ether oxygens (including phenoxy) is 2. The highest BCUT2D eigenvalue weighted by molar-refractivity contribution is 7.47. The number of hydrogen-bond acceptors (Lipinski definition) is 8. The second kappa shape index (κ2) is 38.2. The quantitative estimate of drug-likeness (QED) is 0.0273. The first kappa shape index (κ1) is 49.5. The van der Waals surface area contributed by atoms with Gasteiger partial charge in [-0.05, 0) is 64.2 Å². The molecule has 9 nitrogen and oxygen atoms in total. The van der Waals surface area contributed by atoms with Crippen LogP contribution in [-0.2, 0) is 32.7 Å². The Labute approximate surface area is 312 Å². The van der Waals surface area contributed by atoms with Crippen molar-refractivity contribution in [3.8, 4) is 0 Å². The first-order valence-corrected chi connectivity index (χ1v) is 22.3. The summed E-state index contributed by atoms with van der Waals surface area (Å²) in [6.45, 7) is 3.70. The summed E-state index contributed by atoms with van der Waals surface area (Å²) in [5, 5.41) is 0. The normalized spacial score (nSPS) is 13.6. The van der Waals surface area contributed by atoms with Crippen LogP contribution in [0.3, 0.4) is 0 Å². The van der Waals surface area contributed by atoms with Crippen molar-refractivity contribution >= 4 is 19.8 Å². The molecule has 0 aromatic heterocycles. The van der Waals surface area contributed by atoms with Crippen LogP contribution in [-0.4, -0.2) is 49.3 Å². The summed E-state index contributed by atoms with van der Waals surface area (Å²) in [6.07, 6.45) is 39.1. The second-order valence-corrected chi connectivity index (χ2v) is 15.3. The van der Waals surface area contributed by atoms with Crippen LogP contribution in [0.2, 0.25) is 0 Å². The molecule has 0 radical (unpaired) electrons. The minimum absolute atomic E-state index is 0.0524. The number of nitrogens with two attached hydrogens (primary N) is 1. The Bertz CT molecular complexity index is 897. The molecule has 51 heavy (non-hydrogen) atoms. The van der Waals surface area contributed by atoms with Crippen molar-refractivity contribution in [3.05, 3.63) is 24.3 Å². The van der Waals surface area contributed by atoms with Crippen LogP contribution in [0.1, 0.15) is 194 Å². The van der Waals surface area contributed by atoms with Gasteiger partial charge in [0, 0.05) is 19.4 Å². The molecule has 0 aromatic rings. The van der Waals surface area contributed by atoms with Gasteiger partial charge < -0.3 is 20.1 Å². The highest BCUT2D eigenvalue weighted by atomic mass is 31.2. The highest BCUT2D eigenvalue weighted by Crippen LogP contribution is 2.43. The maximum Gasteiger partial charge on any atom is 0.472 e. The molecule has 0 aliphatic carbocycles. The van der Waals surface area contributed by atoms with Crippen molar-refractivity contribution in [1.29, 1.82) is 0 Å². The van der Waals surface area contributed by atoms with Crippen molar-refractivity contribution < 1.29 is 37.6 Å². The van der Waals surface area contributed by atoms with Crippen LogP contribution >= 0.6 is 7.82 Å². The molecular weight excluding hydrogens is 665 g/mol. The fourth-order valence-electron chi connectivity index (χ4n) is 5.68. The Balaban J connectivity index is 4.19. The van der Waals surface area contributed by atoms with Gasteiger partial charge in [0.15, 0.2) is 6.10 Å². The number of allylic oxidation sites excluding steroid dienone is 4. The predicted molar refractivity (Wildman–Crippen MR) is 211 cm³/mol. The molecule has 0 saturated heterocycles. The Hall–Kier alpha value is -1.51. The molecule has 0 bridgehead atoms. The predicted octanol–water partition coefficient (Wildman–Crippen LogP) is 11.6. The first-order valence-electron chi connectivity index (χ1n) is 20.8. The summed E-state index contributed by atoms with van der Waals surface area (Å²) >= 11 is 0. The Morgan fingerprint density at radius 2 is 0.961 bits per heavy atom. The van der Waals surface area contributed by atoms with Crippen molar-refractivity contribution in [3.63, 3.8) is 0 Å². The molecule has 3 N–H and O–H groups in total. The zero-order valence-corrected chi connectivity index (χ0v) is 33.7. The number of carbonyl (C=O) groups excluding carboxylic acids is 2. The zero-order valence-electron chi connectivity index (χ0n) is 32.8. The van der Waals surface area contributed by atoms with Crippen LogP contribution in [0, 0.1) is 0 Å². The fraction of sp³-hybridized carbons (Fsp3) is 0.854. The van der Waals surface area contributed by atoms with E-state index in [-0.39, 0.29) is 38.6 Å².